The predicted octanol–water partition coefficient (Wildman–Crippen LogP) is 10.5. The molecule has 0 saturated heterocycles. The Bertz CT molecular complexity index is 2490. The third-order valence-corrected chi connectivity index (χ3v) is 13.0. The van der Waals surface area contributed by atoms with Gasteiger partial charge in [0.15, 0.2) is 8.32 Å². The van der Waals surface area contributed by atoms with Crippen molar-refractivity contribution in [2.45, 2.75) is 25.6 Å². The van der Waals surface area contributed by atoms with Crippen molar-refractivity contribution >= 4 is 85.9 Å². The summed E-state index contributed by atoms with van der Waals surface area (Å²) in [5, 5.41) is 13.1. The van der Waals surface area contributed by atoms with Gasteiger partial charge in [0.2, 0.25) is 0 Å². The van der Waals surface area contributed by atoms with E-state index >= 15 is 0 Å². The molecule has 0 aliphatic carbocycles. The molecule has 0 unspecified atom stereocenters. The topological polar surface area (TPSA) is 66.8 Å². The molecule has 0 bridgehead atoms. The summed E-state index contributed by atoms with van der Waals surface area (Å²) in [6.45, 7) is 4.60. The molecule has 234 valence electrons. The van der Waals surface area contributed by atoms with E-state index in [9.17, 15) is 14.4 Å². The Morgan fingerprint density at radius 3 is 1.47 bits per heavy atom. The van der Waals surface area contributed by atoms with E-state index in [1.165, 1.54) is 37.9 Å². The molecule has 0 atom stereocenters. The molecule has 8 aromatic rings. The van der Waals surface area contributed by atoms with Crippen molar-refractivity contribution in [1.82, 2.24) is 0 Å². The van der Waals surface area contributed by atoms with Crippen molar-refractivity contribution < 1.29 is 18.8 Å². The van der Waals surface area contributed by atoms with Gasteiger partial charge in [0.05, 0.1) is 5.30 Å². The van der Waals surface area contributed by atoms with Gasteiger partial charge in [0, 0.05) is 7.11 Å². The Morgan fingerprint density at radius 1 is 0.532 bits per heavy atom. The quantitative estimate of drug-likeness (QED) is 0.110. The first kappa shape index (κ1) is 31.3. The van der Waals surface area contributed by atoms with Gasteiger partial charge < -0.3 is 14.2 Å². The largest absolute Gasteiger partial charge is 0.420 e. The van der Waals surface area contributed by atoms with Crippen LogP contribution in [-0.4, -0.2) is 25.2 Å². The average molecular weight is 653 g/mol. The summed E-state index contributed by atoms with van der Waals surface area (Å²) >= 11 is 0. The Kier molecular flexibility index (Phi) is 8.21. The second-order valence-corrected chi connectivity index (χ2v) is 18.8. The summed E-state index contributed by atoms with van der Waals surface area (Å²) < 4.78 is 17.9. The first-order valence-corrected chi connectivity index (χ1v) is 20.6. The van der Waals surface area contributed by atoms with Gasteiger partial charge in [0.25, 0.3) is 0 Å². The molecule has 0 saturated carbocycles. The molecule has 0 aliphatic heterocycles. The zero-order chi connectivity index (χ0) is 32.8. The molecule has 47 heavy (non-hydrogen) atoms. The molecule has 8 aromatic carbocycles. The smallest absolute Gasteiger partial charge is 0.357 e. The summed E-state index contributed by atoms with van der Waals surface area (Å²) in [5.41, 5.74) is 1.47. The molecule has 0 aliphatic rings. The van der Waals surface area contributed by atoms with E-state index in [1.807, 2.05) is 61.7 Å². The minimum Gasteiger partial charge on any atom is -0.420 e. The highest BCUT2D eigenvalue weighted by Gasteiger charge is 2.24. The monoisotopic (exact) mass is 652 g/mol. The van der Waals surface area contributed by atoms with Crippen LogP contribution in [0.3, 0.4) is 0 Å². The lowest BCUT2D eigenvalue weighted by atomic mass is 9.93. The predicted molar refractivity (Wildman–Crippen MR) is 203 cm³/mol. The lowest BCUT2D eigenvalue weighted by molar-refractivity contribution is 0.388. The van der Waals surface area contributed by atoms with Crippen LogP contribution in [0.5, 0.6) is 0 Å². The summed E-state index contributed by atoms with van der Waals surface area (Å²) in [6.07, 6.45) is 1.07. The highest BCUT2D eigenvalue weighted by molar-refractivity contribution is 7.61. The van der Waals surface area contributed by atoms with Crippen LogP contribution < -0.4 is 5.30 Å². The zero-order valence-corrected chi connectivity index (χ0v) is 28.7. The van der Waals surface area contributed by atoms with E-state index in [1.54, 1.807) is 12.1 Å². The molecule has 0 amide bonds. The second kappa shape index (κ2) is 12.3. The number of benzene rings is 8. The van der Waals surface area contributed by atoms with Crippen LogP contribution in [0.2, 0.25) is 19.1 Å². The minimum atomic E-state index is -4.39. The summed E-state index contributed by atoms with van der Waals surface area (Å²) in [7, 11) is -4.11. The fourth-order valence-corrected chi connectivity index (χ4v) is 8.77. The highest BCUT2D eigenvalue weighted by atomic mass is 31.2. The van der Waals surface area contributed by atoms with E-state index in [4.69, 9.17) is 4.43 Å². The zero-order valence-electron chi connectivity index (χ0n) is 26.8. The maximum absolute atomic E-state index is 12.1. The van der Waals surface area contributed by atoms with Gasteiger partial charge in [0.1, 0.15) is 0 Å². The normalized spacial score (nSPS) is 12.3. The summed E-state index contributed by atoms with van der Waals surface area (Å²) in [6, 6.07) is 46.6. The number of rotatable bonds is 5. The maximum atomic E-state index is 12.1. The molecule has 4 nitrogen and oxygen atoms in total. The molecular weight excluding hydrogens is 616 g/mol. The van der Waals surface area contributed by atoms with E-state index in [0.29, 0.717) is 10.8 Å². The van der Waals surface area contributed by atoms with Crippen LogP contribution in [0, 0.1) is 0 Å². The van der Waals surface area contributed by atoms with Crippen LogP contribution in [0.15, 0.2) is 133 Å². The van der Waals surface area contributed by atoms with E-state index in [2.05, 4.69) is 79.8 Å². The minimum absolute atomic E-state index is 0.117. The van der Waals surface area contributed by atoms with E-state index in [-0.39, 0.29) is 5.30 Å². The molecule has 8 rings (SSSR count). The van der Waals surface area contributed by atoms with Gasteiger partial charge in [-0.25, -0.2) is 0 Å². The van der Waals surface area contributed by atoms with Crippen LogP contribution in [0.4, 0.5) is 0 Å². The molecular formula is C41H37O4PSi. The van der Waals surface area contributed by atoms with Gasteiger partial charge >= 0.3 is 7.60 Å². The van der Waals surface area contributed by atoms with Crippen molar-refractivity contribution in [1.29, 1.82) is 0 Å². The first-order chi connectivity index (χ1) is 22.6. The van der Waals surface area contributed by atoms with Crippen molar-refractivity contribution in [2.75, 3.05) is 7.11 Å². The molecule has 0 spiro atoms. The Hall–Kier alpha value is -4.35. The van der Waals surface area contributed by atoms with E-state index < -0.39 is 15.9 Å². The van der Waals surface area contributed by atoms with Crippen LogP contribution in [0.25, 0.3) is 64.6 Å². The van der Waals surface area contributed by atoms with Gasteiger partial charge in [-0.05, 0) is 132 Å². The van der Waals surface area contributed by atoms with Gasteiger partial charge in [-0.15, -0.1) is 0 Å². The van der Waals surface area contributed by atoms with Crippen molar-refractivity contribution in [2.24, 2.45) is 0 Å². The number of fused-ring (bicyclic) bond motifs is 6. The van der Waals surface area contributed by atoms with Crippen molar-refractivity contribution in [3.8, 4) is 0 Å². The first-order valence-electron chi connectivity index (χ1n) is 15.9. The van der Waals surface area contributed by atoms with Crippen molar-refractivity contribution in [3.63, 3.8) is 0 Å². The van der Waals surface area contributed by atoms with Gasteiger partial charge in [-0.1, -0.05) is 97.1 Å². The lowest BCUT2D eigenvalue weighted by Gasteiger charge is -2.21. The van der Waals surface area contributed by atoms with Gasteiger partial charge in [-0.2, -0.15) is 0 Å². The van der Waals surface area contributed by atoms with Crippen molar-refractivity contribution in [3.05, 3.63) is 139 Å². The van der Waals surface area contributed by atoms with Crippen LogP contribution in [-0.2, 0) is 15.4 Å². The lowest BCUT2D eigenvalue weighted by Crippen LogP contribution is -2.28. The molecule has 0 fully saturated rings. The number of hydrogen-bond acceptors (Lipinski definition) is 2. The highest BCUT2D eigenvalue weighted by Crippen LogP contribution is 2.41. The van der Waals surface area contributed by atoms with E-state index in [0.717, 1.165) is 34.0 Å². The molecule has 0 radical (unpaired) electrons. The standard InChI is InChI=1S/C23H24OSi.C18H13O3P/c1-24-25(2,3)13-12-22-21-11-7-6-10-19(21)15-20-14-17-8-4-5-9-18(17)16-23(20)22;19-22(20,21)18-16-8-4-3-7-14(16)10-15-9-12-5-1-2-6-13(12)11-17(15)18/h4-11,14-16H,12-13H2,1-3H3;1-11H,(H2,19,20,21). The molecule has 6 heteroatoms. The maximum Gasteiger partial charge on any atom is 0.357 e. The third kappa shape index (κ3) is 6.21. The molecule has 0 aromatic heterocycles. The number of aryl methyl sites for hydroxylation is 1. The molecule has 2 N–H and O–H groups in total. The Balaban J connectivity index is 0.000000151. The average Bonchev–Trinajstić information content (AvgIpc) is 3.07. The fraction of sp³-hybridized carbons (Fsp3) is 0.122. The van der Waals surface area contributed by atoms with Crippen LogP contribution in [0.1, 0.15) is 5.56 Å². The Labute approximate surface area is 275 Å². The Morgan fingerprint density at radius 2 is 0.936 bits per heavy atom. The molecule has 0 heterocycles. The van der Waals surface area contributed by atoms with Gasteiger partial charge in [-0.3, -0.25) is 4.57 Å². The van der Waals surface area contributed by atoms with Crippen LogP contribution >= 0.6 is 7.60 Å². The summed E-state index contributed by atoms with van der Waals surface area (Å²) in [4.78, 5) is 19.7. The second-order valence-electron chi connectivity index (χ2n) is 12.9. The third-order valence-electron chi connectivity index (χ3n) is 9.36. The SMILES string of the molecule is CO[Si](C)(C)CCc1c2ccccc2cc2cc3ccccc3cc12.O=P(O)(O)c1c2ccccc2cc2cc3ccccc3cc12. The summed E-state index contributed by atoms with van der Waals surface area (Å²) in [5.74, 6) is 0. The number of hydrogen-bond donors (Lipinski definition) is 2. The fourth-order valence-electron chi connectivity index (χ4n) is 6.69.